The van der Waals surface area contributed by atoms with Crippen molar-refractivity contribution in [3.8, 4) is 6.07 Å². The molecule has 0 bridgehead atoms. The second kappa shape index (κ2) is 12.2. The normalized spacial score (nSPS) is 12.7. The summed E-state index contributed by atoms with van der Waals surface area (Å²) in [6.45, 7) is 15.1. The first-order chi connectivity index (χ1) is 19.4. The summed E-state index contributed by atoms with van der Waals surface area (Å²) in [5, 5.41) is 16.9. The second-order valence-corrected chi connectivity index (χ2v) is 13.0. The van der Waals surface area contributed by atoms with E-state index < -0.39 is 63.0 Å². The molecule has 0 unspecified atom stereocenters. The molecule has 0 aromatic heterocycles. The van der Waals surface area contributed by atoms with E-state index in [0.717, 1.165) is 12.1 Å². The van der Waals surface area contributed by atoms with E-state index in [2.05, 4.69) is 16.0 Å². The number of halogens is 4. The minimum atomic E-state index is -4.80. The number of carbonyl (C=O) groups is 3. The molecular formula is C31H38F4N4O4. The lowest BCUT2D eigenvalue weighted by Crippen LogP contribution is -2.54. The Balaban J connectivity index is 2.16. The summed E-state index contributed by atoms with van der Waals surface area (Å²) in [6.07, 6.45) is -4.80. The number of benzene rings is 2. The molecule has 12 heteroatoms. The molecular weight excluding hydrogens is 568 g/mol. The summed E-state index contributed by atoms with van der Waals surface area (Å²) in [5.74, 6) is -2.78. The summed E-state index contributed by atoms with van der Waals surface area (Å²) in [4.78, 5) is 38.4. The molecule has 0 aliphatic heterocycles. The average Bonchev–Trinajstić information content (AvgIpc) is 2.81. The maximum absolute atomic E-state index is 15.1. The topological polar surface area (TPSA) is 120 Å². The van der Waals surface area contributed by atoms with Crippen LogP contribution < -0.4 is 16.0 Å². The van der Waals surface area contributed by atoms with Gasteiger partial charge in [-0.1, -0.05) is 13.8 Å². The zero-order valence-electron chi connectivity index (χ0n) is 25.8. The third-order valence-corrected chi connectivity index (χ3v) is 7.07. The molecule has 234 valence electrons. The van der Waals surface area contributed by atoms with E-state index in [1.165, 1.54) is 38.1 Å². The Labute approximate surface area is 249 Å². The van der Waals surface area contributed by atoms with Crippen LogP contribution in [0.25, 0.3) is 0 Å². The number of esters is 1. The highest BCUT2D eigenvalue weighted by molar-refractivity contribution is 6.00. The summed E-state index contributed by atoms with van der Waals surface area (Å²) in [7, 11) is 0. The SMILES string of the molecule is CC(C)(C)OC(=O)CC(C)(C)C(C)(C)NC(=O)c1ccc(NC(C)(C)C(=O)Nc2ccc(C#N)c(C(F)(F)F)c2)cc1F. The lowest BCUT2D eigenvalue weighted by Gasteiger charge is -2.42. The molecule has 0 heterocycles. The Hall–Kier alpha value is -4.14. The molecule has 2 aromatic carbocycles. The van der Waals surface area contributed by atoms with Crippen LogP contribution in [-0.2, 0) is 20.5 Å². The van der Waals surface area contributed by atoms with E-state index in [-0.39, 0.29) is 23.4 Å². The van der Waals surface area contributed by atoms with Gasteiger partial charge in [-0.2, -0.15) is 18.4 Å². The van der Waals surface area contributed by atoms with Crippen molar-refractivity contribution in [2.75, 3.05) is 10.6 Å². The van der Waals surface area contributed by atoms with Crippen molar-refractivity contribution >= 4 is 29.2 Å². The molecule has 2 aromatic rings. The van der Waals surface area contributed by atoms with Gasteiger partial charge in [-0.25, -0.2) is 4.39 Å². The smallest absolute Gasteiger partial charge is 0.417 e. The molecule has 3 N–H and O–H groups in total. The summed E-state index contributed by atoms with van der Waals surface area (Å²) in [6, 6.07) is 7.90. The molecule has 0 aliphatic carbocycles. The number of alkyl halides is 3. The van der Waals surface area contributed by atoms with Crippen LogP contribution in [0.1, 0.15) is 90.2 Å². The second-order valence-electron chi connectivity index (χ2n) is 13.0. The zero-order chi connectivity index (χ0) is 33.2. The van der Waals surface area contributed by atoms with Crippen LogP contribution in [0.4, 0.5) is 28.9 Å². The van der Waals surface area contributed by atoms with Crippen LogP contribution in [0.15, 0.2) is 36.4 Å². The van der Waals surface area contributed by atoms with E-state index in [1.807, 2.05) is 0 Å². The van der Waals surface area contributed by atoms with Crippen molar-refractivity contribution in [2.24, 2.45) is 5.41 Å². The molecule has 43 heavy (non-hydrogen) atoms. The molecule has 2 amide bonds. The highest BCUT2D eigenvalue weighted by Gasteiger charge is 2.41. The lowest BCUT2D eigenvalue weighted by molar-refractivity contribution is -0.158. The molecule has 2 rings (SSSR count). The quantitative estimate of drug-likeness (QED) is 0.213. The maximum atomic E-state index is 15.1. The fourth-order valence-electron chi connectivity index (χ4n) is 3.92. The monoisotopic (exact) mass is 606 g/mol. The first kappa shape index (κ1) is 35.1. The van der Waals surface area contributed by atoms with Crippen molar-refractivity contribution in [2.45, 2.75) is 91.6 Å². The molecule has 0 atom stereocenters. The number of nitrogens with one attached hydrogen (secondary N) is 3. The van der Waals surface area contributed by atoms with Gasteiger partial charge in [-0.15, -0.1) is 0 Å². The minimum absolute atomic E-state index is 0.0000222. The van der Waals surface area contributed by atoms with Gasteiger partial charge in [0.25, 0.3) is 5.91 Å². The molecule has 0 spiro atoms. The van der Waals surface area contributed by atoms with Gasteiger partial charge in [0.05, 0.1) is 29.2 Å². The molecule has 0 aliphatic rings. The third-order valence-electron chi connectivity index (χ3n) is 7.07. The van der Waals surface area contributed by atoms with E-state index in [1.54, 1.807) is 48.5 Å². The average molecular weight is 607 g/mol. The van der Waals surface area contributed by atoms with Gasteiger partial charge in [0.15, 0.2) is 0 Å². The van der Waals surface area contributed by atoms with Crippen LogP contribution >= 0.6 is 0 Å². The van der Waals surface area contributed by atoms with Crippen LogP contribution in [0.3, 0.4) is 0 Å². The Morgan fingerprint density at radius 2 is 1.47 bits per heavy atom. The number of nitrogens with zero attached hydrogens (tertiary/aromatic N) is 1. The fourth-order valence-corrected chi connectivity index (χ4v) is 3.92. The third kappa shape index (κ3) is 9.17. The number of nitriles is 1. The van der Waals surface area contributed by atoms with Crippen molar-refractivity contribution < 1.29 is 36.7 Å². The van der Waals surface area contributed by atoms with Crippen LogP contribution in [0.2, 0.25) is 0 Å². The number of amides is 2. The van der Waals surface area contributed by atoms with Crippen LogP contribution in [0.5, 0.6) is 0 Å². The van der Waals surface area contributed by atoms with E-state index in [0.29, 0.717) is 6.07 Å². The molecule has 0 saturated heterocycles. The van der Waals surface area contributed by atoms with E-state index >= 15 is 4.39 Å². The Morgan fingerprint density at radius 1 is 0.884 bits per heavy atom. The molecule has 8 nitrogen and oxygen atoms in total. The van der Waals surface area contributed by atoms with Gasteiger partial charge in [0.1, 0.15) is 17.0 Å². The van der Waals surface area contributed by atoms with Gasteiger partial charge in [-0.3, -0.25) is 14.4 Å². The first-order valence-corrected chi connectivity index (χ1v) is 13.4. The number of ether oxygens (including phenoxy) is 1. The van der Waals surface area contributed by atoms with Gasteiger partial charge < -0.3 is 20.7 Å². The number of anilines is 2. The molecule has 0 fully saturated rings. The van der Waals surface area contributed by atoms with Crippen LogP contribution in [-0.4, -0.2) is 34.5 Å². The van der Waals surface area contributed by atoms with Crippen molar-refractivity contribution in [3.63, 3.8) is 0 Å². The highest BCUT2D eigenvalue weighted by atomic mass is 19.4. The van der Waals surface area contributed by atoms with Gasteiger partial charge in [0, 0.05) is 16.9 Å². The standard InChI is InChI=1S/C31H38F4N4O4/c1-27(2,3)43-24(40)16-28(4,5)30(8,9)39-25(41)21-13-12-20(15-23(21)32)38-29(6,7)26(42)37-19-11-10-18(17-36)22(14-19)31(33,34)35/h10-15,38H,16H2,1-9H3,(H,37,42)(H,39,41). The first-order valence-electron chi connectivity index (χ1n) is 13.4. The number of carbonyl (C=O) groups excluding carboxylic acids is 3. The fraction of sp³-hybridized carbons (Fsp3) is 0.484. The Kier molecular flexibility index (Phi) is 9.97. The van der Waals surface area contributed by atoms with Crippen LogP contribution in [0, 0.1) is 22.6 Å². The highest BCUT2D eigenvalue weighted by Crippen LogP contribution is 2.36. The van der Waals surface area contributed by atoms with Crippen molar-refractivity contribution in [3.05, 3.63) is 58.9 Å². The van der Waals surface area contributed by atoms with Gasteiger partial charge in [-0.05, 0) is 90.3 Å². The minimum Gasteiger partial charge on any atom is -0.460 e. The van der Waals surface area contributed by atoms with Gasteiger partial charge >= 0.3 is 12.1 Å². The molecule has 0 radical (unpaired) electrons. The lowest BCUT2D eigenvalue weighted by atomic mass is 9.72. The maximum Gasteiger partial charge on any atom is 0.417 e. The number of rotatable bonds is 9. The zero-order valence-corrected chi connectivity index (χ0v) is 25.8. The number of hydrogen-bond acceptors (Lipinski definition) is 6. The van der Waals surface area contributed by atoms with E-state index in [4.69, 9.17) is 10.00 Å². The summed E-state index contributed by atoms with van der Waals surface area (Å²) >= 11 is 0. The largest absolute Gasteiger partial charge is 0.460 e. The van der Waals surface area contributed by atoms with Crippen molar-refractivity contribution in [1.29, 1.82) is 5.26 Å². The van der Waals surface area contributed by atoms with Crippen molar-refractivity contribution in [1.82, 2.24) is 5.32 Å². The number of hydrogen-bond donors (Lipinski definition) is 3. The predicted molar refractivity (Wildman–Crippen MR) is 155 cm³/mol. The Morgan fingerprint density at radius 3 is 1.98 bits per heavy atom. The summed E-state index contributed by atoms with van der Waals surface area (Å²) < 4.78 is 60.4. The summed E-state index contributed by atoms with van der Waals surface area (Å²) in [5.41, 5.74) is -5.92. The predicted octanol–water partition coefficient (Wildman–Crippen LogP) is 6.81. The van der Waals surface area contributed by atoms with E-state index in [9.17, 15) is 27.6 Å². The Bertz CT molecular complexity index is 1430. The molecule has 0 saturated carbocycles. The van der Waals surface area contributed by atoms with Gasteiger partial charge in [0.2, 0.25) is 5.91 Å².